The molecule has 1 atom stereocenters. The average Bonchev–Trinajstić information content (AvgIpc) is 3.49. The van der Waals surface area contributed by atoms with Gasteiger partial charge in [0.2, 0.25) is 11.8 Å². The molecule has 1 saturated heterocycles. The van der Waals surface area contributed by atoms with E-state index < -0.39 is 6.04 Å². The molecule has 0 aromatic heterocycles. The lowest BCUT2D eigenvalue weighted by atomic mass is 10.1. The van der Waals surface area contributed by atoms with E-state index >= 15 is 0 Å². The second kappa shape index (κ2) is 12.7. The molecule has 5 rings (SSSR count). The lowest BCUT2D eigenvalue weighted by Crippen LogP contribution is -2.43. The van der Waals surface area contributed by atoms with Crippen LogP contribution in [0.4, 0.5) is 11.4 Å². The van der Waals surface area contributed by atoms with Gasteiger partial charge in [-0.25, -0.2) is 0 Å². The van der Waals surface area contributed by atoms with Crippen LogP contribution in [-0.4, -0.2) is 35.2 Å². The fraction of sp³-hybridized carbons (Fsp3) is 0.147. The topological polar surface area (TPSA) is 78.5 Å². The number of benzene rings is 4. The van der Waals surface area contributed by atoms with Gasteiger partial charge >= 0.3 is 0 Å². The number of likely N-dealkylation sites (tertiary alicyclic amines) is 1. The molecule has 1 heterocycles. The molecule has 200 valence electrons. The van der Waals surface area contributed by atoms with E-state index in [2.05, 4.69) is 10.6 Å². The van der Waals surface area contributed by atoms with Crippen LogP contribution in [0.1, 0.15) is 39.9 Å². The molecule has 1 aliphatic heterocycles. The van der Waals surface area contributed by atoms with Gasteiger partial charge in [0.05, 0.1) is 6.42 Å². The second-order valence-electron chi connectivity index (χ2n) is 9.79. The summed E-state index contributed by atoms with van der Waals surface area (Å²) in [5.41, 5.74) is 4.98. The minimum atomic E-state index is -0.448. The van der Waals surface area contributed by atoms with Crippen LogP contribution in [-0.2, 0) is 16.0 Å². The summed E-state index contributed by atoms with van der Waals surface area (Å²) in [5.74, 6) is -0.312. The predicted octanol–water partition coefficient (Wildman–Crippen LogP) is 6.28. The fourth-order valence-corrected chi connectivity index (χ4v) is 4.78. The van der Waals surface area contributed by atoms with Crippen molar-refractivity contribution in [3.8, 4) is 0 Å². The molecule has 4 aromatic rings. The molecule has 6 nitrogen and oxygen atoms in total. The standard InChI is InChI=1S/C34H31N3O3/c38-32(24-27-8-3-1-4-9-27)37-23-7-12-31(37)34(40)36-30-21-17-26(18-22-30)14-13-25-15-19-29(20-16-25)35-33(39)28-10-5-2-6-11-28/h1-6,8-11,13-22,31H,7,12,23-24H2,(H,35,39)(H,36,40)/t31-/m0/s1. The van der Waals surface area contributed by atoms with Gasteiger partial charge in [0.1, 0.15) is 6.04 Å². The average molecular weight is 530 g/mol. The van der Waals surface area contributed by atoms with Gasteiger partial charge in [-0.1, -0.05) is 84.9 Å². The molecule has 1 aliphatic rings. The van der Waals surface area contributed by atoms with Crippen molar-refractivity contribution in [2.75, 3.05) is 17.2 Å². The molecule has 3 amide bonds. The fourth-order valence-electron chi connectivity index (χ4n) is 4.78. The van der Waals surface area contributed by atoms with E-state index in [0.29, 0.717) is 30.6 Å². The molecule has 0 saturated carbocycles. The minimum Gasteiger partial charge on any atom is -0.330 e. The van der Waals surface area contributed by atoms with Gasteiger partial charge in [0.25, 0.3) is 5.91 Å². The largest absolute Gasteiger partial charge is 0.330 e. The van der Waals surface area contributed by atoms with Crippen molar-refractivity contribution in [1.29, 1.82) is 0 Å². The van der Waals surface area contributed by atoms with Crippen molar-refractivity contribution in [2.24, 2.45) is 0 Å². The van der Waals surface area contributed by atoms with E-state index in [4.69, 9.17) is 0 Å². The molecule has 0 radical (unpaired) electrons. The first-order valence-corrected chi connectivity index (χ1v) is 13.4. The maximum atomic E-state index is 13.0. The Hall–Kier alpha value is -4.97. The van der Waals surface area contributed by atoms with Gasteiger partial charge in [-0.3, -0.25) is 14.4 Å². The normalized spacial score (nSPS) is 14.7. The van der Waals surface area contributed by atoms with E-state index in [-0.39, 0.29) is 17.7 Å². The van der Waals surface area contributed by atoms with Crippen LogP contribution in [0.5, 0.6) is 0 Å². The molecule has 2 N–H and O–H groups in total. The van der Waals surface area contributed by atoms with Crippen molar-refractivity contribution in [3.63, 3.8) is 0 Å². The molecule has 40 heavy (non-hydrogen) atoms. The maximum absolute atomic E-state index is 13.0. The monoisotopic (exact) mass is 529 g/mol. The summed E-state index contributed by atoms with van der Waals surface area (Å²) in [6, 6.07) is 33.5. The molecule has 0 bridgehead atoms. The molecular formula is C34H31N3O3. The molecule has 0 spiro atoms. The van der Waals surface area contributed by atoms with Gasteiger partial charge in [-0.2, -0.15) is 0 Å². The van der Waals surface area contributed by atoms with E-state index in [1.165, 1.54) is 0 Å². The zero-order valence-corrected chi connectivity index (χ0v) is 22.1. The first kappa shape index (κ1) is 26.6. The Morgan fingerprint density at radius 1 is 0.700 bits per heavy atom. The highest BCUT2D eigenvalue weighted by atomic mass is 16.2. The van der Waals surface area contributed by atoms with Crippen LogP contribution in [0.15, 0.2) is 109 Å². The highest BCUT2D eigenvalue weighted by Gasteiger charge is 2.33. The van der Waals surface area contributed by atoms with Crippen LogP contribution >= 0.6 is 0 Å². The Bertz CT molecular complexity index is 1480. The highest BCUT2D eigenvalue weighted by Crippen LogP contribution is 2.21. The molecule has 1 fully saturated rings. The van der Waals surface area contributed by atoms with E-state index in [9.17, 15) is 14.4 Å². The Morgan fingerprint density at radius 3 is 1.85 bits per heavy atom. The number of hydrogen-bond acceptors (Lipinski definition) is 3. The zero-order chi connectivity index (χ0) is 27.7. The lowest BCUT2D eigenvalue weighted by molar-refractivity contribution is -0.136. The summed E-state index contributed by atoms with van der Waals surface area (Å²) >= 11 is 0. The lowest BCUT2D eigenvalue weighted by Gasteiger charge is -2.24. The number of nitrogens with zero attached hydrogens (tertiary/aromatic N) is 1. The first-order valence-electron chi connectivity index (χ1n) is 13.4. The number of amides is 3. The number of hydrogen-bond donors (Lipinski definition) is 2. The van der Waals surface area contributed by atoms with Crippen molar-refractivity contribution in [2.45, 2.75) is 25.3 Å². The van der Waals surface area contributed by atoms with E-state index in [0.717, 1.165) is 28.8 Å². The third kappa shape index (κ3) is 6.91. The van der Waals surface area contributed by atoms with Gasteiger partial charge in [0, 0.05) is 23.5 Å². The Kier molecular flexibility index (Phi) is 8.47. The zero-order valence-electron chi connectivity index (χ0n) is 22.1. The van der Waals surface area contributed by atoms with Crippen LogP contribution in [0, 0.1) is 0 Å². The Morgan fingerprint density at radius 2 is 1.25 bits per heavy atom. The van der Waals surface area contributed by atoms with Crippen LogP contribution in [0.2, 0.25) is 0 Å². The molecule has 4 aromatic carbocycles. The predicted molar refractivity (Wildman–Crippen MR) is 160 cm³/mol. The summed E-state index contributed by atoms with van der Waals surface area (Å²) in [4.78, 5) is 39.9. The van der Waals surface area contributed by atoms with Crippen molar-refractivity contribution in [3.05, 3.63) is 131 Å². The minimum absolute atomic E-state index is 0.0176. The van der Waals surface area contributed by atoms with Crippen LogP contribution in [0.3, 0.4) is 0 Å². The highest BCUT2D eigenvalue weighted by molar-refractivity contribution is 6.04. The number of carbonyl (C=O) groups excluding carboxylic acids is 3. The smallest absolute Gasteiger partial charge is 0.255 e. The molecular weight excluding hydrogens is 498 g/mol. The van der Waals surface area contributed by atoms with Gasteiger partial charge in [-0.05, 0) is 65.9 Å². The van der Waals surface area contributed by atoms with Crippen molar-refractivity contribution >= 4 is 41.2 Å². The summed E-state index contributed by atoms with van der Waals surface area (Å²) in [6.07, 6.45) is 5.77. The Labute approximate surface area is 234 Å². The first-order chi connectivity index (χ1) is 19.5. The summed E-state index contributed by atoms with van der Waals surface area (Å²) in [6.45, 7) is 0.605. The third-order valence-corrected chi connectivity index (χ3v) is 6.92. The summed E-state index contributed by atoms with van der Waals surface area (Å²) in [5, 5.41) is 5.88. The Balaban J connectivity index is 1.13. The molecule has 6 heteroatoms. The number of anilines is 2. The third-order valence-electron chi connectivity index (χ3n) is 6.92. The van der Waals surface area contributed by atoms with Crippen LogP contribution < -0.4 is 10.6 Å². The summed E-state index contributed by atoms with van der Waals surface area (Å²) in [7, 11) is 0. The van der Waals surface area contributed by atoms with Crippen LogP contribution in [0.25, 0.3) is 12.2 Å². The number of rotatable bonds is 8. The van der Waals surface area contributed by atoms with Gasteiger partial charge < -0.3 is 15.5 Å². The summed E-state index contributed by atoms with van der Waals surface area (Å²) < 4.78 is 0. The molecule has 0 aliphatic carbocycles. The van der Waals surface area contributed by atoms with Crippen molar-refractivity contribution < 1.29 is 14.4 Å². The number of carbonyl (C=O) groups is 3. The maximum Gasteiger partial charge on any atom is 0.255 e. The quantitative estimate of drug-likeness (QED) is 0.264. The van der Waals surface area contributed by atoms with E-state index in [1.807, 2.05) is 109 Å². The SMILES string of the molecule is O=C(Nc1ccc(C=Cc2ccc(NC(=O)[C@@H]3CCCN3C(=O)Cc3ccccc3)cc2)cc1)c1ccccc1. The number of nitrogens with one attached hydrogen (secondary N) is 2. The second-order valence-corrected chi connectivity index (χ2v) is 9.79. The molecule has 0 unspecified atom stereocenters. The van der Waals surface area contributed by atoms with Crippen molar-refractivity contribution in [1.82, 2.24) is 4.90 Å². The van der Waals surface area contributed by atoms with Gasteiger partial charge in [-0.15, -0.1) is 0 Å². The van der Waals surface area contributed by atoms with Gasteiger partial charge in [0.15, 0.2) is 0 Å². The van der Waals surface area contributed by atoms with E-state index in [1.54, 1.807) is 17.0 Å².